The summed E-state index contributed by atoms with van der Waals surface area (Å²) in [6, 6.07) is 8.64. The van der Waals surface area contributed by atoms with Crippen LogP contribution in [0.4, 0.5) is 5.69 Å². The number of anilines is 1. The third-order valence-corrected chi connectivity index (χ3v) is 4.18. The van der Waals surface area contributed by atoms with Crippen LogP contribution < -0.4 is 15.4 Å². The highest BCUT2D eigenvalue weighted by Crippen LogP contribution is 2.25. The Labute approximate surface area is 171 Å². The SMILES string of the molecule is COc1ccc(CNc2cc(Cl)nnc2C(=O)NCc2ncccn2)cc1Cl. The van der Waals surface area contributed by atoms with E-state index in [0.29, 0.717) is 28.8 Å². The number of rotatable bonds is 7. The molecule has 0 spiro atoms. The van der Waals surface area contributed by atoms with Crippen molar-refractivity contribution in [2.75, 3.05) is 12.4 Å². The molecule has 0 saturated heterocycles. The number of hydrogen-bond donors (Lipinski definition) is 2. The van der Waals surface area contributed by atoms with E-state index in [-0.39, 0.29) is 17.4 Å². The third kappa shape index (κ3) is 5.05. The quantitative estimate of drug-likeness (QED) is 0.607. The number of nitrogens with zero attached hydrogens (tertiary/aromatic N) is 4. The molecular formula is C18H16Cl2N6O2. The first-order valence-electron chi connectivity index (χ1n) is 8.20. The fraction of sp³-hybridized carbons (Fsp3) is 0.167. The standard InChI is InChI=1S/C18H16Cl2N6O2/c1-28-14-4-3-11(7-12(14)19)9-23-13-8-15(20)25-26-17(13)18(27)24-10-16-21-5-2-6-22-16/h2-8H,9-10H2,1H3,(H,23,25)(H,24,27). The fourth-order valence-electron chi connectivity index (χ4n) is 2.35. The summed E-state index contributed by atoms with van der Waals surface area (Å²) in [6.07, 6.45) is 3.20. The van der Waals surface area contributed by atoms with Crippen LogP contribution in [-0.2, 0) is 13.1 Å². The van der Waals surface area contributed by atoms with Gasteiger partial charge in [0, 0.05) is 25.0 Å². The molecule has 0 saturated carbocycles. The van der Waals surface area contributed by atoms with Crippen LogP contribution in [0.15, 0.2) is 42.7 Å². The Morgan fingerprint density at radius 2 is 1.89 bits per heavy atom. The minimum absolute atomic E-state index is 0.111. The summed E-state index contributed by atoms with van der Waals surface area (Å²) in [5.74, 6) is 0.647. The van der Waals surface area contributed by atoms with Crippen LogP contribution in [0.1, 0.15) is 21.9 Å². The van der Waals surface area contributed by atoms with Crippen molar-refractivity contribution in [2.24, 2.45) is 0 Å². The molecule has 10 heteroatoms. The van der Waals surface area contributed by atoms with Crippen molar-refractivity contribution in [1.29, 1.82) is 0 Å². The van der Waals surface area contributed by atoms with Gasteiger partial charge in [-0.1, -0.05) is 29.3 Å². The van der Waals surface area contributed by atoms with Crippen LogP contribution in [0.2, 0.25) is 10.2 Å². The highest BCUT2D eigenvalue weighted by atomic mass is 35.5. The lowest BCUT2D eigenvalue weighted by molar-refractivity contribution is 0.0944. The predicted molar refractivity (Wildman–Crippen MR) is 106 cm³/mol. The Hall–Kier alpha value is -2.97. The summed E-state index contributed by atoms with van der Waals surface area (Å²) in [5, 5.41) is 14.2. The van der Waals surface area contributed by atoms with Crippen LogP contribution in [0.5, 0.6) is 5.75 Å². The van der Waals surface area contributed by atoms with Crippen molar-refractivity contribution in [2.45, 2.75) is 13.1 Å². The molecule has 1 amide bonds. The molecule has 1 aromatic carbocycles. The van der Waals surface area contributed by atoms with Crippen molar-refractivity contribution in [1.82, 2.24) is 25.5 Å². The Morgan fingerprint density at radius 3 is 2.61 bits per heavy atom. The van der Waals surface area contributed by atoms with E-state index in [4.69, 9.17) is 27.9 Å². The molecule has 0 aliphatic heterocycles. The number of halogens is 2. The van der Waals surface area contributed by atoms with Crippen molar-refractivity contribution in [3.05, 3.63) is 70.0 Å². The predicted octanol–water partition coefficient (Wildman–Crippen LogP) is 3.12. The Morgan fingerprint density at radius 1 is 1.11 bits per heavy atom. The van der Waals surface area contributed by atoms with Crippen molar-refractivity contribution in [3.63, 3.8) is 0 Å². The summed E-state index contributed by atoms with van der Waals surface area (Å²) < 4.78 is 5.14. The van der Waals surface area contributed by atoms with E-state index in [9.17, 15) is 4.79 Å². The first kappa shape index (κ1) is 19.8. The average Bonchev–Trinajstić information content (AvgIpc) is 2.71. The summed E-state index contributed by atoms with van der Waals surface area (Å²) in [7, 11) is 1.55. The van der Waals surface area contributed by atoms with E-state index in [1.165, 1.54) is 6.07 Å². The molecule has 0 aliphatic rings. The number of nitrogens with one attached hydrogen (secondary N) is 2. The molecule has 0 aliphatic carbocycles. The van der Waals surface area contributed by atoms with Gasteiger partial charge in [-0.3, -0.25) is 4.79 Å². The second kappa shape index (κ2) is 9.29. The molecule has 2 heterocycles. The van der Waals surface area contributed by atoms with Crippen molar-refractivity contribution >= 4 is 34.8 Å². The topological polar surface area (TPSA) is 102 Å². The molecule has 0 atom stereocenters. The first-order valence-corrected chi connectivity index (χ1v) is 8.96. The van der Waals surface area contributed by atoms with Gasteiger partial charge in [-0.05, 0) is 23.8 Å². The van der Waals surface area contributed by atoms with E-state index in [2.05, 4.69) is 30.8 Å². The highest BCUT2D eigenvalue weighted by Gasteiger charge is 2.15. The third-order valence-electron chi connectivity index (χ3n) is 3.70. The molecule has 0 unspecified atom stereocenters. The minimum Gasteiger partial charge on any atom is -0.495 e. The summed E-state index contributed by atoms with van der Waals surface area (Å²) in [5.41, 5.74) is 1.45. The summed E-state index contributed by atoms with van der Waals surface area (Å²) in [4.78, 5) is 20.6. The molecular weight excluding hydrogens is 403 g/mol. The van der Waals surface area contributed by atoms with Gasteiger partial charge in [0.05, 0.1) is 24.4 Å². The first-order chi connectivity index (χ1) is 13.6. The maximum atomic E-state index is 12.5. The molecule has 0 fully saturated rings. The summed E-state index contributed by atoms with van der Waals surface area (Å²) in [6.45, 7) is 0.561. The van der Waals surface area contributed by atoms with Crippen LogP contribution >= 0.6 is 23.2 Å². The smallest absolute Gasteiger partial charge is 0.274 e. The molecule has 2 N–H and O–H groups in total. The van der Waals surface area contributed by atoms with E-state index < -0.39 is 5.91 Å². The number of aromatic nitrogens is 4. The van der Waals surface area contributed by atoms with E-state index in [0.717, 1.165) is 5.56 Å². The second-order valence-electron chi connectivity index (χ2n) is 5.60. The maximum absolute atomic E-state index is 12.5. The van der Waals surface area contributed by atoms with Gasteiger partial charge in [-0.25, -0.2) is 9.97 Å². The zero-order valence-electron chi connectivity index (χ0n) is 14.8. The molecule has 2 aromatic heterocycles. The molecule has 28 heavy (non-hydrogen) atoms. The van der Waals surface area contributed by atoms with Gasteiger partial charge in [-0.15, -0.1) is 10.2 Å². The lowest BCUT2D eigenvalue weighted by atomic mass is 10.2. The Balaban J connectivity index is 1.71. The second-order valence-corrected chi connectivity index (χ2v) is 6.39. The van der Waals surface area contributed by atoms with Crippen LogP contribution in [0, 0.1) is 0 Å². The molecule has 144 valence electrons. The van der Waals surface area contributed by atoms with Gasteiger partial charge in [0.15, 0.2) is 10.8 Å². The lowest BCUT2D eigenvalue weighted by Gasteiger charge is -2.12. The normalized spacial score (nSPS) is 10.4. The van der Waals surface area contributed by atoms with E-state index >= 15 is 0 Å². The highest BCUT2D eigenvalue weighted by molar-refractivity contribution is 6.32. The number of methoxy groups -OCH3 is 1. The zero-order valence-corrected chi connectivity index (χ0v) is 16.3. The van der Waals surface area contributed by atoms with Crippen LogP contribution in [-0.4, -0.2) is 33.2 Å². The zero-order chi connectivity index (χ0) is 19.9. The summed E-state index contributed by atoms with van der Waals surface area (Å²) >= 11 is 12.1. The van der Waals surface area contributed by atoms with Crippen molar-refractivity contribution < 1.29 is 9.53 Å². The minimum atomic E-state index is -0.424. The Kier molecular flexibility index (Phi) is 6.57. The molecule has 0 radical (unpaired) electrons. The average molecular weight is 419 g/mol. The number of carbonyl (C=O) groups excluding carboxylic acids is 1. The van der Waals surface area contributed by atoms with Gasteiger partial charge in [0.1, 0.15) is 11.6 Å². The molecule has 3 rings (SSSR count). The van der Waals surface area contributed by atoms with Gasteiger partial charge in [-0.2, -0.15) is 0 Å². The van der Waals surface area contributed by atoms with Crippen LogP contribution in [0.25, 0.3) is 0 Å². The number of carbonyl (C=O) groups is 1. The van der Waals surface area contributed by atoms with Gasteiger partial charge >= 0.3 is 0 Å². The maximum Gasteiger partial charge on any atom is 0.274 e. The molecule has 8 nitrogen and oxygen atoms in total. The van der Waals surface area contributed by atoms with E-state index in [1.54, 1.807) is 37.7 Å². The van der Waals surface area contributed by atoms with Crippen molar-refractivity contribution in [3.8, 4) is 5.75 Å². The van der Waals surface area contributed by atoms with Gasteiger partial charge < -0.3 is 15.4 Å². The lowest BCUT2D eigenvalue weighted by Crippen LogP contribution is -2.26. The van der Waals surface area contributed by atoms with E-state index in [1.807, 2.05) is 6.07 Å². The van der Waals surface area contributed by atoms with Crippen LogP contribution in [0.3, 0.4) is 0 Å². The number of amides is 1. The van der Waals surface area contributed by atoms with Gasteiger partial charge in [0.25, 0.3) is 5.91 Å². The largest absolute Gasteiger partial charge is 0.495 e. The Bertz CT molecular complexity index is 972. The number of hydrogen-bond acceptors (Lipinski definition) is 7. The molecule has 3 aromatic rings. The fourth-order valence-corrected chi connectivity index (χ4v) is 2.78. The van der Waals surface area contributed by atoms with Gasteiger partial charge in [0.2, 0.25) is 0 Å². The number of benzene rings is 1. The number of ether oxygens (including phenoxy) is 1. The molecule has 0 bridgehead atoms. The monoisotopic (exact) mass is 418 g/mol.